The second kappa shape index (κ2) is 8.01. The Morgan fingerprint density at radius 2 is 2.09 bits per heavy atom. The first-order valence-electron chi connectivity index (χ1n) is 7.61. The lowest BCUT2D eigenvalue weighted by molar-refractivity contribution is 0.249. The van der Waals surface area contributed by atoms with Crippen molar-refractivity contribution in [2.24, 2.45) is 0 Å². The molecule has 1 heterocycles. The van der Waals surface area contributed by atoms with E-state index >= 15 is 0 Å². The summed E-state index contributed by atoms with van der Waals surface area (Å²) in [5, 5.41) is 10.3. The maximum absolute atomic E-state index is 12.3. The van der Waals surface area contributed by atoms with Gasteiger partial charge in [-0.15, -0.1) is 0 Å². The Hall–Kier alpha value is -2.02. The standard InChI is InChI=1S/C16H23N5OS/c1-5-13(10-23-4)18-16(22)19-14-8-6-7-9-15(14)21-12(3)17-11(2)20-21/h6-9,13H,5,10H2,1-4H3,(H2,18,19,22)/t13-/m1/s1. The number of hydrogen-bond acceptors (Lipinski definition) is 4. The Morgan fingerprint density at radius 3 is 2.70 bits per heavy atom. The summed E-state index contributed by atoms with van der Waals surface area (Å²) in [6.45, 7) is 5.81. The summed E-state index contributed by atoms with van der Waals surface area (Å²) in [5.74, 6) is 2.38. The fraction of sp³-hybridized carbons (Fsp3) is 0.438. The summed E-state index contributed by atoms with van der Waals surface area (Å²) in [6.07, 6.45) is 2.94. The number of rotatable bonds is 6. The van der Waals surface area contributed by atoms with Gasteiger partial charge in [0.05, 0.1) is 11.4 Å². The fourth-order valence-electron chi connectivity index (χ4n) is 2.32. The van der Waals surface area contributed by atoms with E-state index in [0.29, 0.717) is 11.5 Å². The van der Waals surface area contributed by atoms with Crippen LogP contribution in [0.3, 0.4) is 0 Å². The number of hydrogen-bond donors (Lipinski definition) is 2. The molecule has 124 valence electrons. The Balaban J connectivity index is 2.18. The molecule has 0 spiro atoms. The molecule has 0 bridgehead atoms. The molecule has 1 aromatic carbocycles. The number of aryl methyl sites for hydroxylation is 2. The lowest BCUT2D eigenvalue weighted by Crippen LogP contribution is -2.39. The molecular formula is C16H23N5OS. The maximum atomic E-state index is 12.3. The number of urea groups is 1. The predicted molar refractivity (Wildman–Crippen MR) is 95.4 cm³/mol. The molecule has 0 aliphatic carbocycles. The first-order chi connectivity index (χ1) is 11.0. The Labute approximate surface area is 141 Å². The molecule has 0 fully saturated rings. The van der Waals surface area contributed by atoms with Gasteiger partial charge in [-0.3, -0.25) is 0 Å². The van der Waals surface area contributed by atoms with Gasteiger partial charge in [0.15, 0.2) is 0 Å². The minimum absolute atomic E-state index is 0.160. The van der Waals surface area contributed by atoms with E-state index in [4.69, 9.17) is 0 Å². The minimum atomic E-state index is -0.201. The zero-order chi connectivity index (χ0) is 16.8. The lowest BCUT2D eigenvalue weighted by Gasteiger charge is -2.17. The molecule has 0 saturated carbocycles. The van der Waals surface area contributed by atoms with Crippen molar-refractivity contribution in [3.05, 3.63) is 35.9 Å². The molecule has 2 N–H and O–H groups in total. The van der Waals surface area contributed by atoms with E-state index < -0.39 is 0 Å². The number of nitrogens with one attached hydrogen (secondary N) is 2. The quantitative estimate of drug-likeness (QED) is 0.852. The highest BCUT2D eigenvalue weighted by molar-refractivity contribution is 7.98. The highest BCUT2D eigenvalue weighted by Gasteiger charge is 2.14. The molecule has 0 unspecified atom stereocenters. The molecule has 2 aromatic rings. The third-order valence-corrected chi connectivity index (χ3v) is 4.19. The van der Waals surface area contributed by atoms with E-state index in [9.17, 15) is 4.79 Å². The number of nitrogens with zero attached hydrogens (tertiary/aromatic N) is 3. The zero-order valence-electron chi connectivity index (χ0n) is 14.0. The van der Waals surface area contributed by atoms with Gasteiger partial charge in [-0.25, -0.2) is 14.5 Å². The molecule has 2 amide bonds. The van der Waals surface area contributed by atoms with E-state index in [0.717, 1.165) is 23.7 Å². The highest BCUT2D eigenvalue weighted by atomic mass is 32.2. The van der Waals surface area contributed by atoms with Crippen LogP contribution >= 0.6 is 11.8 Å². The molecule has 0 aliphatic heterocycles. The Morgan fingerprint density at radius 1 is 1.35 bits per heavy atom. The van der Waals surface area contributed by atoms with Gasteiger partial charge in [-0.1, -0.05) is 19.1 Å². The van der Waals surface area contributed by atoms with Crippen LogP contribution in [0.5, 0.6) is 0 Å². The fourth-order valence-corrected chi connectivity index (χ4v) is 3.04. The first kappa shape index (κ1) is 17.3. The first-order valence-corrected chi connectivity index (χ1v) is 9.00. The highest BCUT2D eigenvalue weighted by Crippen LogP contribution is 2.20. The number of carbonyl (C=O) groups is 1. The molecule has 23 heavy (non-hydrogen) atoms. The molecular weight excluding hydrogens is 310 g/mol. The van der Waals surface area contributed by atoms with Crippen molar-refractivity contribution in [2.75, 3.05) is 17.3 Å². The van der Waals surface area contributed by atoms with Crippen LogP contribution < -0.4 is 10.6 Å². The minimum Gasteiger partial charge on any atom is -0.334 e. The van der Waals surface area contributed by atoms with Gasteiger partial charge < -0.3 is 10.6 Å². The van der Waals surface area contributed by atoms with Gasteiger partial charge >= 0.3 is 6.03 Å². The lowest BCUT2D eigenvalue weighted by atomic mass is 10.2. The number of anilines is 1. The van der Waals surface area contributed by atoms with Crippen LogP contribution in [-0.2, 0) is 0 Å². The molecule has 0 aliphatic rings. The van der Waals surface area contributed by atoms with Crippen molar-refractivity contribution < 1.29 is 4.79 Å². The van der Waals surface area contributed by atoms with Gasteiger partial charge in [-0.2, -0.15) is 16.9 Å². The number of para-hydroxylation sites is 2. The maximum Gasteiger partial charge on any atom is 0.319 e. The van der Waals surface area contributed by atoms with Crippen LogP contribution in [-0.4, -0.2) is 38.8 Å². The Bertz CT molecular complexity index is 670. The average molecular weight is 333 g/mol. The Kier molecular flexibility index (Phi) is 6.04. The molecule has 7 heteroatoms. The summed E-state index contributed by atoms with van der Waals surface area (Å²) < 4.78 is 1.74. The van der Waals surface area contributed by atoms with Crippen molar-refractivity contribution in [3.8, 4) is 5.69 Å². The summed E-state index contributed by atoms with van der Waals surface area (Å²) >= 11 is 1.72. The van der Waals surface area contributed by atoms with Crippen LogP contribution in [0.25, 0.3) is 5.69 Å². The van der Waals surface area contributed by atoms with Crippen LogP contribution in [0.15, 0.2) is 24.3 Å². The van der Waals surface area contributed by atoms with Gasteiger partial charge in [0.1, 0.15) is 11.6 Å². The van der Waals surface area contributed by atoms with E-state index in [1.807, 2.05) is 44.4 Å². The molecule has 1 aromatic heterocycles. The van der Waals surface area contributed by atoms with Crippen LogP contribution in [0.4, 0.5) is 10.5 Å². The molecule has 1 atom stereocenters. The van der Waals surface area contributed by atoms with Crippen LogP contribution in [0.1, 0.15) is 25.0 Å². The third kappa shape index (κ3) is 4.48. The van der Waals surface area contributed by atoms with Crippen molar-refractivity contribution in [1.29, 1.82) is 0 Å². The third-order valence-electron chi connectivity index (χ3n) is 3.45. The van der Waals surface area contributed by atoms with E-state index in [-0.39, 0.29) is 12.1 Å². The number of benzene rings is 1. The number of carbonyl (C=O) groups excluding carboxylic acids is 1. The van der Waals surface area contributed by atoms with E-state index in [1.165, 1.54) is 0 Å². The van der Waals surface area contributed by atoms with Crippen molar-refractivity contribution in [3.63, 3.8) is 0 Å². The molecule has 0 radical (unpaired) electrons. The summed E-state index contributed by atoms with van der Waals surface area (Å²) in [4.78, 5) is 16.6. The number of thioether (sulfide) groups is 1. The summed E-state index contributed by atoms with van der Waals surface area (Å²) in [7, 11) is 0. The zero-order valence-corrected chi connectivity index (χ0v) is 14.8. The normalized spacial score (nSPS) is 12.0. The summed E-state index contributed by atoms with van der Waals surface area (Å²) in [5.41, 5.74) is 1.51. The van der Waals surface area contributed by atoms with Crippen molar-refractivity contribution in [2.45, 2.75) is 33.2 Å². The van der Waals surface area contributed by atoms with Crippen LogP contribution in [0, 0.1) is 13.8 Å². The smallest absolute Gasteiger partial charge is 0.319 e. The SMILES string of the molecule is CC[C@H](CSC)NC(=O)Nc1ccccc1-n1nc(C)nc1C. The van der Waals surface area contributed by atoms with Gasteiger partial charge in [0.25, 0.3) is 0 Å². The van der Waals surface area contributed by atoms with E-state index in [1.54, 1.807) is 16.4 Å². The topological polar surface area (TPSA) is 71.8 Å². The van der Waals surface area contributed by atoms with E-state index in [2.05, 4.69) is 27.6 Å². The summed E-state index contributed by atoms with van der Waals surface area (Å²) in [6, 6.07) is 7.53. The number of amides is 2. The second-order valence-electron chi connectivity index (χ2n) is 5.29. The van der Waals surface area contributed by atoms with Crippen LogP contribution in [0.2, 0.25) is 0 Å². The van der Waals surface area contributed by atoms with Gasteiger partial charge in [0.2, 0.25) is 0 Å². The van der Waals surface area contributed by atoms with Crippen molar-refractivity contribution >= 4 is 23.5 Å². The molecule has 2 rings (SSSR count). The molecule has 0 saturated heterocycles. The predicted octanol–water partition coefficient (Wildman–Crippen LogP) is 3.15. The largest absolute Gasteiger partial charge is 0.334 e. The van der Waals surface area contributed by atoms with Gasteiger partial charge in [-0.05, 0) is 38.7 Å². The van der Waals surface area contributed by atoms with Gasteiger partial charge in [0, 0.05) is 11.8 Å². The van der Waals surface area contributed by atoms with Crippen molar-refractivity contribution in [1.82, 2.24) is 20.1 Å². The molecule has 6 nitrogen and oxygen atoms in total. The number of aromatic nitrogens is 3. The average Bonchev–Trinajstić information content (AvgIpc) is 2.85. The monoisotopic (exact) mass is 333 g/mol. The second-order valence-corrected chi connectivity index (χ2v) is 6.20.